The third kappa shape index (κ3) is 3.02. The predicted molar refractivity (Wildman–Crippen MR) is 79.0 cm³/mol. The highest BCUT2D eigenvalue weighted by Crippen LogP contribution is 2.25. The lowest BCUT2D eigenvalue weighted by atomic mass is 10.3. The molecule has 98 valence electrons. The van der Waals surface area contributed by atoms with Crippen LogP contribution >= 0.6 is 34.3 Å². The Hall–Kier alpha value is -1.24. The number of hydrogen-bond donors (Lipinski definition) is 0. The zero-order chi connectivity index (χ0) is 13.1. The van der Waals surface area contributed by atoms with Crippen molar-refractivity contribution in [3.05, 3.63) is 39.8 Å². The van der Waals surface area contributed by atoms with Gasteiger partial charge in [0, 0.05) is 34.8 Å². The molecule has 7 heteroatoms. The first-order valence-corrected chi connectivity index (χ1v) is 8.13. The Bertz CT molecular complexity index is 644. The van der Waals surface area contributed by atoms with Crippen LogP contribution in [-0.2, 0) is 13.0 Å². The Morgan fingerprint density at radius 3 is 3.00 bits per heavy atom. The van der Waals surface area contributed by atoms with Gasteiger partial charge in [-0.25, -0.2) is 9.67 Å². The SMILES string of the molecule is ClCCc1cn(Cc2csc(-c3ccsc3)n2)nn1. The molecule has 0 aromatic carbocycles. The van der Waals surface area contributed by atoms with Crippen molar-refractivity contribution in [2.24, 2.45) is 0 Å². The molecular weight excluding hydrogens is 300 g/mol. The van der Waals surface area contributed by atoms with Gasteiger partial charge in [0.25, 0.3) is 0 Å². The van der Waals surface area contributed by atoms with Crippen LogP contribution in [0, 0.1) is 0 Å². The van der Waals surface area contributed by atoms with Gasteiger partial charge in [0.15, 0.2) is 0 Å². The fourth-order valence-electron chi connectivity index (χ4n) is 1.69. The highest BCUT2D eigenvalue weighted by molar-refractivity contribution is 7.14. The second kappa shape index (κ2) is 5.81. The second-order valence-corrected chi connectivity index (χ2v) is 6.02. The van der Waals surface area contributed by atoms with E-state index in [2.05, 4.69) is 37.5 Å². The Morgan fingerprint density at radius 1 is 1.26 bits per heavy atom. The van der Waals surface area contributed by atoms with E-state index in [0.717, 1.165) is 22.8 Å². The molecule has 0 unspecified atom stereocenters. The van der Waals surface area contributed by atoms with Crippen molar-refractivity contribution in [1.82, 2.24) is 20.0 Å². The summed E-state index contributed by atoms with van der Waals surface area (Å²) < 4.78 is 1.80. The van der Waals surface area contributed by atoms with E-state index in [1.54, 1.807) is 27.4 Å². The first-order chi connectivity index (χ1) is 9.35. The first kappa shape index (κ1) is 12.8. The van der Waals surface area contributed by atoms with Crippen LogP contribution in [0.2, 0.25) is 0 Å². The molecule has 0 atom stereocenters. The van der Waals surface area contributed by atoms with E-state index in [0.29, 0.717) is 12.4 Å². The second-order valence-electron chi connectivity index (χ2n) is 4.00. The Labute approximate surface area is 123 Å². The Morgan fingerprint density at radius 2 is 2.21 bits per heavy atom. The van der Waals surface area contributed by atoms with Crippen molar-refractivity contribution in [2.45, 2.75) is 13.0 Å². The van der Waals surface area contributed by atoms with Crippen LogP contribution in [0.1, 0.15) is 11.4 Å². The van der Waals surface area contributed by atoms with E-state index >= 15 is 0 Å². The van der Waals surface area contributed by atoms with Gasteiger partial charge < -0.3 is 0 Å². The Balaban J connectivity index is 1.72. The Kier molecular flexibility index (Phi) is 3.91. The molecule has 3 aromatic rings. The summed E-state index contributed by atoms with van der Waals surface area (Å²) in [6.45, 7) is 0.649. The van der Waals surface area contributed by atoms with Gasteiger partial charge >= 0.3 is 0 Å². The highest BCUT2D eigenvalue weighted by atomic mass is 35.5. The van der Waals surface area contributed by atoms with Crippen LogP contribution in [0.5, 0.6) is 0 Å². The fourth-order valence-corrected chi connectivity index (χ4v) is 3.41. The number of aromatic nitrogens is 4. The van der Waals surface area contributed by atoms with E-state index in [4.69, 9.17) is 11.6 Å². The molecule has 3 heterocycles. The molecule has 0 aliphatic heterocycles. The number of aryl methyl sites for hydroxylation is 1. The van der Waals surface area contributed by atoms with E-state index in [9.17, 15) is 0 Å². The van der Waals surface area contributed by atoms with Crippen LogP contribution in [0.15, 0.2) is 28.4 Å². The maximum atomic E-state index is 5.68. The summed E-state index contributed by atoms with van der Waals surface area (Å²) in [5.74, 6) is 0.567. The highest BCUT2D eigenvalue weighted by Gasteiger charge is 2.07. The number of thiophene rings is 1. The van der Waals surface area contributed by atoms with E-state index < -0.39 is 0 Å². The number of halogens is 1. The minimum Gasteiger partial charge on any atom is -0.246 e. The molecule has 0 fully saturated rings. The monoisotopic (exact) mass is 310 g/mol. The van der Waals surface area contributed by atoms with Crippen LogP contribution in [-0.4, -0.2) is 25.9 Å². The van der Waals surface area contributed by atoms with E-state index in [1.165, 1.54) is 5.56 Å². The third-order valence-corrected chi connectivity index (χ3v) is 4.39. The summed E-state index contributed by atoms with van der Waals surface area (Å²) >= 11 is 9.02. The summed E-state index contributed by atoms with van der Waals surface area (Å²) in [6.07, 6.45) is 2.67. The molecule has 3 aromatic heterocycles. The minimum atomic E-state index is 0.567. The van der Waals surface area contributed by atoms with Crippen LogP contribution in [0.4, 0.5) is 0 Å². The summed E-state index contributed by atoms with van der Waals surface area (Å²) in [7, 11) is 0. The molecule has 0 N–H and O–H groups in total. The summed E-state index contributed by atoms with van der Waals surface area (Å²) in [4.78, 5) is 4.61. The molecule has 0 amide bonds. The lowest BCUT2D eigenvalue weighted by molar-refractivity contribution is 0.641. The number of thiazole rings is 1. The molecule has 0 saturated heterocycles. The summed E-state index contributed by atoms with van der Waals surface area (Å²) in [5, 5.41) is 15.4. The zero-order valence-corrected chi connectivity index (χ0v) is 12.4. The molecule has 19 heavy (non-hydrogen) atoms. The molecule has 0 spiro atoms. The number of alkyl halides is 1. The van der Waals surface area contributed by atoms with Gasteiger partial charge in [-0.2, -0.15) is 11.3 Å². The van der Waals surface area contributed by atoms with Gasteiger partial charge in [-0.15, -0.1) is 28.0 Å². The maximum absolute atomic E-state index is 5.68. The average molecular weight is 311 g/mol. The molecule has 0 aliphatic rings. The van der Waals surface area contributed by atoms with Crippen LogP contribution in [0.3, 0.4) is 0 Å². The topological polar surface area (TPSA) is 43.6 Å². The molecule has 4 nitrogen and oxygen atoms in total. The smallest absolute Gasteiger partial charge is 0.124 e. The molecular formula is C12H11ClN4S2. The molecule has 0 bridgehead atoms. The number of hydrogen-bond acceptors (Lipinski definition) is 5. The molecule has 0 radical (unpaired) electrons. The van der Waals surface area contributed by atoms with Crippen molar-refractivity contribution in [3.8, 4) is 10.6 Å². The lowest BCUT2D eigenvalue weighted by Gasteiger charge is -1.95. The third-order valence-electron chi connectivity index (χ3n) is 2.58. The molecule has 0 aliphatic carbocycles. The van der Waals surface area contributed by atoms with Gasteiger partial charge in [-0.1, -0.05) is 5.21 Å². The van der Waals surface area contributed by atoms with Crippen molar-refractivity contribution >= 4 is 34.3 Å². The maximum Gasteiger partial charge on any atom is 0.124 e. The number of rotatable bonds is 5. The molecule has 0 saturated carbocycles. The van der Waals surface area contributed by atoms with Gasteiger partial charge in [0.2, 0.25) is 0 Å². The van der Waals surface area contributed by atoms with Crippen molar-refractivity contribution in [2.75, 3.05) is 5.88 Å². The number of nitrogens with zero attached hydrogens (tertiary/aromatic N) is 4. The predicted octanol–water partition coefficient (Wildman–Crippen LogP) is 3.29. The first-order valence-electron chi connectivity index (χ1n) is 5.77. The van der Waals surface area contributed by atoms with Crippen molar-refractivity contribution in [3.63, 3.8) is 0 Å². The summed E-state index contributed by atoms with van der Waals surface area (Å²) in [6, 6.07) is 2.08. The van der Waals surface area contributed by atoms with Gasteiger partial charge in [0.1, 0.15) is 5.01 Å². The van der Waals surface area contributed by atoms with Crippen molar-refractivity contribution in [1.29, 1.82) is 0 Å². The van der Waals surface area contributed by atoms with E-state index in [-0.39, 0.29) is 0 Å². The van der Waals surface area contributed by atoms with E-state index in [1.807, 2.05) is 6.20 Å². The zero-order valence-electron chi connectivity index (χ0n) is 9.99. The van der Waals surface area contributed by atoms with Gasteiger partial charge in [-0.05, 0) is 11.4 Å². The lowest BCUT2D eigenvalue weighted by Crippen LogP contribution is -2.00. The fraction of sp³-hybridized carbons (Fsp3) is 0.250. The van der Waals surface area contributed by atoms with Gasteiger partial charge in [0.05, 0.1) is 17.9 Å². The average Bonchev–Trinajstić information content (AvgIpc) is 3.10. The van der Waals surface area contributed by atoms with Crippen molar-refractivity contribution < 1.29 is 0 Å². The minimum absolute atomic E-state index is 0.567. The summed E-state index contributed by atoms with van der Waals surface area (Å²) in [5.41, 5.74) is 3.11. The van der Waals surface area contributed by atoms with Gasteiger partial charge in [-0.3, -0.25) is 0 Å². The quantitative estimate of drug-likeness (QED) is 0.679. The van der Waals surface area contributed by atoms with Crippen LogP contribution < -0.4 is 0 Å². The normalized spacial score (nSPS) is 11.0. The standard InChI is InChI=1S/C12H11ClN4S2/c13-3-1-10-5-17(16-15-10)6-11-8-19-12(14-11)9-2-4-18-7-9/h2,4-5,7-8H,1,3,6H2. The largest absolute Gasteiger partial charge is 0.246 e. The van der Waals surface area contributed by atoms with Crippen LogP contribution in [0.25, 0.3) is 10.6 Å². The molecule has 3 rings (SSSR count).